The minimum absolute atomic E-state index is 0.204. The van der Waals surface area contributed by atoms with Gasteiger partial charge < -0.3 is 14.2 Å². The predicted octanol–water partition coefficient (Wildman–Crippen LogP) is 4.45. The molecule has 2 rings (SSSR count). The second-order valence-corrected chi connectivity index (χ2v) is 6.35. The number of halogens is 1. The largest absolute Gasteiger partial charge is 0.493 e. The first kappa shape index (κ1) is 15.2. The third-order valence-electron chi connectivity index (χ3n) is 3.01. The minimum Gasteiger partial charge on any atom is -0.493 e. The molecule has 1 aromatic carbocycles. The van der Waals surface area contributed by atoms with Gasteiger partial charge in [-0.3, -0.25) is 0 Å². The summed E-state index contributed by atoms with van der Waals surface area (Å²) in [5.74, 6) is 1.98. The van der Waals surface area contributed by atoms with Crippen molar-refractivity contribution >= 4 is 27.3 Å². The molecule has 1 aromatic heterocycles. The molecule has 0 saturated heterocycles. The van der Waals surface area contributed by atoms with E-state index in [9.17, 15) is 0 Å². The first-order chi connectivity index (χ1) is 9.69. The number of thiophene rings is 1. The van der Waals surface area contributed by atoms with Crippen molar-refractivity contribution in [3.8, 4) is 17.2 Å². The van der Waals surface area contributed by atoms with Gasteiger partial charge in [0.15, 0.2) is 11.5 Å². The highest BCUT2D eigenvalue weighted by Crippen LogP contribution is 2.42. The Morgan fingerprint density at radius 3 is 2.20 bits per heavy atom. The zero-order valence-electron chi connectivity index (χ0n) is 11.7. The van der Waals surface area contributed by atoms with E-state index in [0.717, 1.165) is 12.0 Å². The van der Waals surface area contributed by atoms with Gasteiger partial charge in [0.2, 0.25) is 5.75 Å². The molecule has 1 atom stereocenters. The Hall–Kier alpha value is -1.20. The highest BCUT2D eigenvalue weighted by Gasteiger charge is 2.17. The van der Waals surface area contributed by atoms with Crippen LogP contribution in [0.15, 0.2) is 29.6 Å². The fraction of sp³-hybridized carbons (Fsp3) is 0.333. The van der Waals surface area contributed by atoms with Crippen LogP contribution in [0.25, 0.3) is 0 Å². The van der Waals surface area contributed by atoms with Crippen LogP contribution in [0.5, 0.6) is 17.2 Å². The van der Waals surface area contributed by atoms with Gasteiger partial charge in [-0.25, -0.2) is 0 Å². The molecule has 0 fully saturated rings. The van der Waals surface area contributed by atoms with Gasteiger partial charge >= 0.3 is 0 Å². The average Bonchev–Trinajstić information content (AvgIpc) is 2.98. The summed E-state index contributed by atoms with van der Waals surface area (Å²) in [7, 11) is 4.87. The maximum absolute atomic E-state index is 5.38. The lowest BCUT2D eigenvalue weighted by atomic mass is 10.1. The van der Waals surface area contributed by atoms with Crippen LogP contribution in [0.4, 0.5) is 0 Å². The molecule has 0 amide bonds. The summed E-state index contributed by atoms with van der Waals surface area (Å²) < 4.78 is 16.1. The number of rotatable bonds is 6. The SMILES string of the molecule is COc1cc(C(Br)Cc2cccs2)cc(OC)c1OC. The van der Waals surface area contributed by atoms with Crippen LogP contribution in [0.1, 0.15) is 15.3 Å². The van der Waals surface area contributed by atoms with E-state index in [4.69, 9.17) is 14.2 Å². The third kappa shape index (κ3) is 3.27. The molecule has 0 aliphatic rings. The summed E-state index contributed by atoms with van der Waals surface area (Å²) in [5.41, 5.74) is 1.10. The van der Waals surface area contributed by atoms with Crippen LogP contribution < -0.4 is 14.2 Å². The molecule has 5 heteroatoms. The number of ether oxygens (including phenoxy) is 3. The molecular formula is C15H17BrO3S. The lowest BCUT2D eigenvalue weighted by Crippen LogP contribution is -1.99. The molecule has 3 nitrogen and oxygen atoms in total. The van der Waals surface area contributed by atoms with E-state index >= 15 is 0 Å². The quantitative estimate of drug-likeness (QED) is 0.715. The van der Waals surface area contributed by atoms with E-state index in [-0.39, 0.29) is 4.83 Å². The Morgan fingerprint density at radius 2 is 1.75 bits per heavy atom. The van der Waals surface area contributed by atoms with Gasteiger partial charge in [0.05, 0.1) is 21.3 Å². The second kappa shape index (κ2) is 6.99. The normalized spacial score (nSPS) is 12.0. The number of hydrogen-bond acceptors (Lipinski definition) is 4. The zero-order chi connectivity index (χ0) is 14.5. The third-order valence-corrected chi connectivity index (χ3v) is 4.76. The van der Waals surface area contributed by atoms with E-state index in [1.807, 2.05) is 12.1 Å². The summed E-state index contributed by atoms with van der Waals surface area (Å²) in [6.45, 7) is 0. The summed E-state index contributed by atoms with van der Waals surface area (Å²) in [6, 6.07) is 8.16. The number of benzene rings is 1. The molecule has 1 heterocycles. The van der Waals surface area contributed by atoms with Crippen molar-refractivity contribution < 1.29 is 14.2 Å². The van der Waals surface area contributed by atoms with E-state index in [1.54, 1.807) is 32.7 Å². The van der Waals surface area contributed by atoms with Crippen LogP contribution in [0, 0.1) is 0 Å². The highest BCUT2D eigenvalue weighted by atomic mass is 79.9. The Labute approximate surface area is 131 Å². The van der Waals surface area contributed by atoms with Crippen LogP contribution in [0.2, 0.25) is 0 Å². The maximum atomic E-state index is 5.38. The standard InChI is InChI=1S/C15H17BrO3S/c1-17-13-7-10(8-14(18-2)15(13)19-3)12(16)9-11-5-4-6-20-11/h4-8,12H,9H2,1-3H3. The first-order valence-corrected chi connectivity index (χ1v) is 7.95. The molecule has 0 saturated carbocycles. The van der Waals surface area contributed by atoms with Crippen LogP contribution in [0.3, 0.4) is 0 Å². The fourth-order valence-electron chi connectivity index (χ4n) is 2.01. The molecule has 0 spiro atoms. The van der Waals surface area contributed by atoms with Crippen LogP contribution in [-0.2, 0) is 6.42 Å². The Kier molecular flexibility index (Phi) is 5.31. The summed E-state index contributed by atoms with van der Waals surface area (Å²) >= 11 is 5.49. The van der Waals surface area contributed by atoms with E-state index in [0.29, 0.717) is 17.2 Å². The molecule has 0 aliphatic carbocycles. The summed E-state index contributed by atoms with van der Waals surface area (Å²) in [5, 5.41) is 2.09. The second-order valence-electron chi connectivity index (χ2n) is 4.21. The molecule has 108 valence electrons. The summed E-state index contributed by atoms with van der Waals surface area (Å²) in [6.07, 6.45) is 0.927. The highest BCUT2D eigenvalue weighted by molar-refractivity contribution is 9.09. The van der Waals surface area contributed by atoms with Crippen molar-refractivity contribution in [1.82, 2.24) is 0 Å². The molecule has 0 bridgehead atoms. The van der Waals surface area contributed by atoms with Gasteiger partial charge in [-0.05, 0) is 35.6 Å². The number of alkyl halides is 1. The van der Waals surface area contributed by atoms with Gasteiger partial charge in [-0.1, -0.05) is 22.0 Å². The van der Waals surface area contributed by atoms with Crippen LogP contribution in [-0.4, -0.2) is 21.3 Å². The Balaban J connectivity index is 2.31. The molecule has 0 radical (unpaired) electrons. The van der Waals surface area contributed by atoms with Gasteiger partial charge in [0, 0.05) is 9.70 Å². The van der Waals surface area contributed by atoms with Gasteiger partial charge in [0.1, 0.15) is 0 Å². The topological polar surface area (TPSA) is 27.7 Å². The number of hydrogen-bond donors (Lipinski definition) is 0. The molecule has 0 N–H and O–H groups in total. The van der Waals surface area contributed by atoms with E-state index in [1.165, 1.54) is 4.88 Å². The smallest absolute Gasteiger partial charge is 0.203 e. The van der Waals surface area contributed by atoms with Crippen molar-refractivity contribution in [1.29, 1.82) is 0 Å². The lowest BCUT2D eigenvalue weighted by molar-refractivity contribution is 0.324. The fourth-order valence-corrected chi connectivity index (χ4v) is 3.58. The lowest BCUT2D eigenvalue weighted by Gasteiger charge is -2.16. The molecule has 0 aliphatic heterocycles. The van der Waals surface area contributed by atoms with Crippen molar-refractivity contribution in [3.63, 3.8) is 0 Å². The average molecular weight is 357 g/mol. The molecule has 1 unspecified atom stereocenters. The van der Waals surface area contributed by atoms with Crippen molar-refractivity contribution in [3.05, 3.63) is 40.1 Å². The Bertz CT molecular complexity index is 529. The first-order valence-electron chi connectivity index (χ1n) is 6.16. The van der Waals surface area contributed by atoms with E-state index < -0.39 is 0 Å². The number of methoxy groups -OCH3 is 3. The minimum atomic E-state index is 0.204. The molecular weight excluding hydrogens is 340 g/mol. The van der Waals surface area contributed by atoms with Crippen molar-refractivity contribution in [2.45, 2.75) is 11.2 Å². The van der Waals surface area contributed by atoms with Crippen molar-refractivity contribution in [2.24, 2.45) is 0 Å². The van der Waals surface area contributed by atoms with Gasteiger partial charge in [-0.2, -0.15) is 0 Å². The van der Waals surface area contributed by atoms with Gasteiger partial charge in [-0.15, -0.1) is 11.3 Å². The zero-order valence-corrected chi connectivity index (χ0v) is 14.1. The monoisotopic (exact) mass is 356 g/mol. The van der Waals surface area contributed by atoms with Gasteiger partial charge in [0.25, 0.3) is 0 Å². The Morgan fingerprint density at radius 1 is 1.10 bits per heavy atom. The van der Waals surface area contributed by atoms with Crippen molar-refractivity contribution in [2.75, 3.05) is 21.3 Å². The van der Waals surface area contributed by atoms with Crippen LogP contribution >= 0.6 is 27.3 Å². The summed E-state index contributed by atoms with van der Waals surface area (Å²) in [4.78, 5) is 1.54. The molecule has 2 aromatic rings. The predicted molar refractivity (Wildman–Crippen MR) is 85.8 cm³/mol. The maximum Gasteiger partial charge on any atom is 0.203 e. The molecule has 20 heavy (non-hydrogen) atoms. The van der Waals surface area contributed by atoms with E-state index in [2.05, 4.69) is 33.4 Å².